The molecule has 0 aliphatic heterocycles. The number of Topliss-reactive ketones (excluding diaryl/α,β-unsaturated/α-hetero) is 1. The van der Waals surface area contributed by atoms with Crippen LogP contribution in [0.5, 0.6) is 0 Å². The van der Waals surface area contributed by atoms with Gasteiger partial charge in [0.2, 0.25) is 0 Å². The number of ketones is 1. The van der Waals surface area contributed by atoms with E-state index in [2.05, 4.69) is 13.8 Å². The minimum atomic E-state index is -0.770. The minimum absolute atomic E-state index is 0.0995. The highest BCUT2D eigenvalue weighted by Crippen LogP contribution is 2.17. The SMILES string of the molecule is CC(C)c1ccc(C(=O)CCC(C)(C)O)cc1. The van der Waals surface area contributed by atoms with Crippen molar-refractivity contribution >= 4 is 5.78 Å². The van der Waals surface area contributed by atoms with E-state index in [4.69, 9.17) is 0 Å². The minimum Gasteiger partial charge on any atom is -0.390 e. The predicted octanol–water partition coefficient (Wildman–Crippen LogP) is 3.54. The fourth-order valence-corrected chi connectivity index (χ4v) is 1.62. The molecule has 0 heterocycles. The van der Waals surface area contributed by atoms with Gasteiger partial charge >= 0.3 is 0 Å². The van der Waals surface area contributed by atoms with Crippen LogP contribution in [0.15, 0.2) is 24.3 Å². The van der Waals surface area contributed by atoms with Crippen molar-refractivity contribution in [2.45, 2.75) is 52.1 Å². The van der Waals surface area contributed by atoms with Crippen molar-refractivity contribution in [2.24, 2.45) is 0 Å². The Morgan fingerprint density at radius 2 is 1.76 bits per heavy atom. The second kappa shape index (κ2) is 5.46. The number of aliphatic hydroxyl groups is 1. The third kappa shape index (κ3) is 4.70. The second-order valence-corrected chi connectivity index (χ2v) is 5.51. The molecule has 1 rings (SSSR count). The molecule has 1 N–H and O–H groups in total. The van der Waals surface area contributed by atoms with E-state index in [1.165, 1.54) is 5.56 Å². The number of hydrogen-bond donors (Lipinski definition) is 1. The maximum absolute atomic E-state index is 11.9. The number of rotatable bonds is 5. The van der Waals surface area contributed by atoms with Gasteiger partial charge in [-0.1, -0.05) is 38.1 Å². The number of hydrogen-bond acceptors (Lipinski definition) is 2. The number of carbonyl (C=O) groups is 1. The average molecular weight is 234 g/mol. The van der Waals surface area contributed by atoms with Gasteiger partial charge in [0.1, 0.15) is 0 Å². The zero-order valence-corrected chi connectivity index (χ0v) is 11.2. The molecule has 17 heavy (non-hydrogen) atoms. The van der Waals surface area contributed by atoms with Crippen molar-refractivity contribution in [3.05, 3.63) is 35.4 Å². The summed E-state index contributed by atoms with van der Waals surface area (Å²) >= 11 is 0. The molecular formula is C15H22O2. The van der Waals surface area contributed by atoms with Crippen molar-refractivity contribution in [2.75, 3.05) is 0 Å². The lowest BCUT2D eigenvalue weighted by Gasteiger charge is -2.16. The Morgan fingerprint density at radius 1 is 1.24 bits per heavy atom. The normalized spacial score (nSPS) is 11.9. The summed E-state index contributed by atoms with van der Waals surface area (Å²) in [5.41, 5.74) is 1.20. The van der Waals surface area contributed by atoms with E-state index in [0.717, 1.165) is 5.56 Å². The molecule has 0 aliphatic rings. The number of carbonyl (C=O) groups excluding carboxylic acids is 1. The van der Waals surface area contributed by atoms with E-state index in [1.807, 2.05) is 24.3 Å². The average Bonchev–Trinajstić information content (AvgIpc) is 2.25. The van der Waals surface area contributed by atoms with Gasteiger partial charge in [-0.2, -0.15) is 0 Å². The Morgan fingerprint density at radius 3 is 2.18 bits per heavy atom. The number of benzene rings is 1. The molecule has 2 heteroatoms. The van der Waals surface area contributed by atoms with Gasteiger partial charge in [-0.3, -0.25) is 4.79 Å². The molecule has 0 fully saturated rings. The van der Waals surface area contributed by atoms with Crippen LogP contribution in [0.25, 0.3) is 0 Å². The lowest BCUT2D eigenvalue weighted by atomic mass is 9.96. The predicted molar refractivity (Wildman–Crippen MR) is 70.4 cm³/mol. The zero-order chi connectivity index (χ0) is 13.1. The van der Waals surface area contributed by atoms with Crippen LogP contribution in [0.3, 0.4) is 0 Å². The van der Waals surface area contributed by atoms with Gasteiger partial charge in [0, 0.05) is 12.0 Å². The summed E-state index contributed by atoms with van der Waals surface area (Å²) in [6, 6.07) is 7.76. The summed E-state index contributed by atoms with van der Waals surface area (Å²) in [6.07, 6.45) is 0.891. The van der Waals surface area contributed by atoms with Crippen LogP contribution in [-0.2, 0) is 0 Å². The largest absolute Gasteiger partial charge is 0.390 e. The third-order valence-electron chi connectivity index (χ3n) is 2.86. The maximum atomic E-state index is 11.9. The first kappa shape index (κ1) is 13.9. The Kier molecular flexibility index (Phi) is 4.47. The van der Waals surface area contributed by atoms with Crippen LogP contribution < -0.4 is 0 Å². The lowest BCUT2D eigenvalue weighted by Crippen LogP contribution is -2.19. The first-order valence-electron chi connectivity index (χ1n) is 6.15. The lowest BCUT2D eigenvalue weighted by molar-refractivity contribution is 0.0633. The Labute approximate surface area is 104 Å². The van der Waals surface area contributed by atoms with Crippen LogP contribution in [0, 0.1) is 0 Å². The van der Waals surface area contributed by atoms with Crippen molar-refractivity contribution < 1.29 is 9.90 Å². The van der Waals surface area contributed by atoms with E-state index < -0.39 is 5.60 Å². The monoisotopic (exact) mass is 234 g/mol. The third-order valence-corrected chi connectivity index (χ3v) is 2.86. The topological polar surface area (TPSA) is 37.3 Å². The fourth-order valence-electron chi connectivity index (χ4n) is 1.62. The summed E-state index contributed by atoms with van der Waals surface area (Å²) in [6.45, 7) is 7.71. The van der Waals surface area contributed by atoms with Crippen LogP contribution in [-0.4, -0.2) is 16.5 Å². The van der Waals surface area contributed by atoms with E-state index in [-0.39, 0.29) is 5.78 Å². The first-order valence-corrected chi connectivity index (χ1v) is 6.15. The van der Waals surface area contributed by atoms with Crippen LogP contribution >= 0.6 is 0 Å². The van der Waals surface area contributed by atoms with Gasteiger partial charge < -0.3 is 5.11 Å². The molecule has 0 unspecified atom stereocenters. The molecule has 0 aromatic heterocycles. The smallest absolute Gasteiger partial charge is 0.162 e. The Balaban J connectivity index is 2.64. The molecule has 2 nitrogen and oxygen atoms in total. The highest BCUT2D eigenvalue weighted by molar-refractivity contribution is 5.96. The van der Waals surface area contributed by atoms with Gasteiger partial charge in [-0.15, -0.1) is 0 Å². The van der Waals surface area contributed by atoms with Gasteiger partial charge in [0.25, 0.3) is 0 Å². The van der Waals surface area contributed by atoms with Gasteiger partial charge in [-0.05, 0) is 31.7 Å². The molecule has 0 radical (unpaired) electrons. The summed E-state index contributed by atoms with van der Waals surface area (Å²) in [4.78, 5) is 11.9. The molecule has 0 bridgehead atoms. The molecule has 94 valence electrons. The van der Waals surface area contributed by atoms with Crippen molar-refractivity contribution in [1.82, 2.24) is 0 Å². The van der Waals surface area contributed by atoms with Gasteiger partial charge in [-0.25, -0.2) is 0 Å². The molecule has 0 amide bonds. The second-order valence-electron chi connectivity index (χ2n) is 5.51. The fraction of sp³-hybridized carbons (Fsp3) is 0.533. The molecule has 0 saturated carbocycles. The van der Waals surface area contributed by atoms with Crippen LogP contribution in [0.4, 0.5) is 0 Å². The highest BCUT2D eigenvalue weighted by Gasteiger charge is 2.15. The molecule has 1 aromatic carbocycles. The maximum Gasteiger partial charge on any atom is 0.162 e. The van der Waals surface area contributed by atoms with Crippen molar-refractivity contribution in [3.63, 3.8) is 0 Å². The molecule has 0 aliphatic carbocycles. The standard InChI is InChI=1S/C15H22O2/c1-11(2)12-5-7-13(8-6-12)14(16)9-10-15(3,4)17/h5-8,11,17H,9-10H2,1-4H3. The molecular weight excluding hydrogens is 212 g/mol. The van der Waals surface area contributed by atoms with Gasteiger partial charge in [0.15, 0.2) is 5.78 Å². The van der Waals surface area contributed by atoms with E-state index >= 15 is 0 Å². The first-order chi connectivity index (χ1) is 7.79. The van der Waals surface area contributed by atoms with Crippen molar-refractivity contribution in [1.29, 1.82) is 0 Å². The van der Waals surface area contributed by atoms with E-state index in [9.17, 15) is 9.90 Å². The van der Waals surface area contributed by atoms with E-state index in [0.29, 0.717) is 18.8 Å². The van der Waals surface area contributed by atoms with Crippen LogP contribution in [0.2, 0.25) is 0 Å². The molecule has 1 aromatic rings. The highest BCUT2D eigenvalue weighted by atomic mass is 16.3. The quantitative estimate of drug-likeness (QED) is 0.791. The van der Waals surface area contributed by atoms with Crippen molar-refractivity contribution in [3.8, 4) is 0 Å². The summed E-state index contributed by atoms with van der Waals surface area (Å²) in [5.74, 6) is 0.581. The van der Waals surface area contributed by atoms with Crippen LogP contribution in [0.1, 0.15) is 62.4 Å². The molecule has 0 atom stereocenters. The zero-order valence-electron chi connectivity index (χ0n) is 11.2. The summed E-state index contributed by atoms with van der Waals surface area (Å²) in [7, 11) is 0. The van der Waals surface area contributed by atoms with E-state index in [1.54, 1.807) is 13.8 Å². The molecule has 0 spiro atoms. The molecule has 0 saturated heterocycles. The summed E-state index contributed by atoms with van der Waals surface area (Å²) in [5, 5.41) is 9.58. The Hall–Kier alpha value is -1.15. The summed E-state index contributed by atoms with van der Waals surface area (Å²) < 4.78 is 0. The van der Waals surface area contributed by atoms with Gasteiger partial charge in [0.05, 0.1) is 5.60 Å². The Bertz CT molecular complexity index is 369.